The van der Waals surface area contributed by atoms with Crippen molar-refractivity contribution in [1.29, 1.82) is 0 Å². The summed E-state index contributed by atoms with van der Waals surface area (Å²) in [4.78, 5) is 40.6. The molecule has 3 rings (SSSR count). The van der Waals surface area contributed by atoms with Gasteiger partial charge in [0.2, 0.25) is 5.91 Å². The Labute approximate surface area is 171 Å². The number of hydrogen-bond donors (Lipinski definition) is 2. The van der Waals surface area contributed by atoms with Crippen molar-refractivity contribution in [2.75, 3.05) is 0 Å². The number of benzene rings is 2. The van der Waals surface area contributed by atoms with Gasteiger partial charge in [-0.15, -0.1) is 0 Å². The summed E-state index contributed by atoms with van der Waals surface area (Å²) in [5, 5.41) is 8.99. The monoisotopic (exact) mass is 445 g/mol. The molecular weight excluding hydrogens is 426 g/mol. The Morgan fingerprint density at radius 2 is 1.68 bits per heavy atom. The minimum Gasteiger partial charge on any atom is -0.307 e. The van der Waals surface area contributed by atoms with Crippen LogP contribution >= 0.6 is 15.9 Å². The first-order chi connectivity index (χ1) is 13.4. The molecular formula is C20H20BrN3O4. The molecule has 2 atom stereocenters. The molecule has 2 unspecified atom stereocenters. The number of carbonyl (C=O) groups is 3. The summed E-state index contributed by atoms with van der Waals surface area (Å²) in [6.45, 7) is 1.82. The molecule has 2 N–H and O–H groups in total. The SMILES string of the molecule is CC(C(=O)NO)C1C(=O)N(Cc2ccccc2)C(=O)N1Cc1ccc(Br)cc1. The van der Waals surface area contributed by atoms with E-state index in [1.165, 1.54) is 11.8 Å². The van der Waals surface area contributed by atoms with Crippen molar-refractivity contribution in [2.24, 2.45) is 5.92 Å². The van der Waals surface area contributed by atoms with Crippen LogP contribution in [0.3, 0.4) is 0 Å². The zero-order valence-corrected chi connectivity index (χ0v) is 16.8. The van der Waals surface area contributed by atoms with Crippen LogP contribution < -0.4 is 5.48 Å². The minimum atomic E-state index is -0.994. The highest BCUT2D eigenvalue weighted by Gasteiger charge is 2.49. The summed E-state index contributed by atoms with van der Waals surface area (Å²) in [6, 6.07) is 15.1. The fourth-order valence-electron chi connectivity index (χ4n) is 3.25. The third kappa shape index (κ3) is 4.07. The summed E-state index contributed by atoms with van der Waals surface area (Å²) in [7, 11) is 0. The van der Waals surface area contributed by atoms with Gasteiger partial charge >= 0.3 is 6.03 Å². The van der Waals surface area contributed by atoms with E-state index in [2.05, 4.69) is 15.9 Å². The maximum Gasteiger partial charge on any atom is 0.328 e. The summed E-state index contributed by atoms with van der Waals surface area (Å²) < 4.78 is 0.898. The largest absolute Gasteiger partial charge is 0.328 e. The highest BCUT2D eigenvalue weighted by molar-refractivity contribution is 9.10. The smallest absolute Gasteiger partial charge is 0.307 e. The third-order valence-electron chi connectivity index (χ3n) is 4.78. The Balaban J connectivity index is 1.90. The van der Waals surface area contributed by atoms with Crippen LogP contribution in [-0.2, 0) is 22.7 Å². The van der Waals surface area contributed by atoms with Gasteiger partial charge in [0, 0.05) is 11.0 Å². The van der Waals surface area contributed by atoms with Crippen LogP contribution in [0.1, 0.15) is 18.1 Å². The molecule has 0 aromatic heterocycles. The predicted octanol–water partition coefficient (Wildman–Crippen LogP) is 2.92. The van der Waals surface area contributed by atoms with Crippen LogP contribution in [0.15, 0.2) is 59.1 Å². The number of nitrogens with zero attached hydrogens (tertiary/aromatic N) is 2. The van der Waals surface area contributed by atoms with Crippen molar-refractivity contribution >= 4 is 33.8 Å². The highest BCUT2D eigenvalue weighted by Crippen LogP contribution is 2.28. The normalized spacial score (nSPS) is 17.8. The van der Waals surface area contributed by atoms with Crippen LogP contribution in [0.25, 0.3) is 0 Å². The zero-order chi connectivity index (χ0) is 20.3. The van der Waals surface area contributed by atoms with Crippen molar-refractivity contribution < 1.29 is 19.6 Å². The Morgan fingerprint density at radius 1 is 1.07 bits per heavy atom. The van der Waals surface area contributed by atoms with E-state index in [9.17, 15) is 14.4 Å². The van der Waals surface area contributed by atoms with Crippen molar-refractivity contribution in [1.82, 2.24) is 15.3 Å². The molecule has 146 valence electrons. The lowest BCUT2D eigenvalue weighted by Crippen LogP contribution is -2.45. The third-order valence-corrected chi connectivity index (χ3v) is 5.31. The molecule has 1 fully saturated rings. The second-order valence-corrected chi connectivity index (χ2v) is 7.57. The molecule has 8 heteroatoms. The standard InChI is InChI=1S/C20H20BrN3O4/c1-13(18(25)22-28)17-19(26)24(12-14-5-3-2-4-6-14)20(27)23(17)11-15-7-9-16(21)10-8-15/h2-10,13,17,28H,11-12H2,1H3,(H,22,25). The maximum atomic E-state index is 13.0. The van der Waals surface area contributed by atoms with E-state index < -0.39 is 29.8 Å². The summed E-state index contributed by atoms with van der Waals surface area (Å²) in [6.07, 6.45) is 0. The van der Waals surface area contributed by atoms with Gasteiger partial charge < -0.3 is 4.90 Å². The van der Waals surface area contributed by atoms with E-state index in [0.717, 1.165) is 20.5 Å². The molecule has 0 spiro atoms. The molecule has 4 amide bonds. The van der Waals surface area contributed by atoms with Crippen LogP contribution in [0.4, 0.5) is 4.79 Å². The lowest BCUT2D eigenvalue weighted by Gasteiger charge is -2.25. The van der Waals surface area contributed by atoms with Crippen molar-refractivity contribution in [3.05, 3.63) is 70.2 Å². The molecule has 0 radical (unpaired) electrons. The Morgan fingerprint density at radius 3 is 2.29 bits per heavy atom. The van der Waals surface area contributed by atoms with E-state index in [4.69, 9.17) is 5.21 Å². The van der Waals surface area contributed by atoms with Gasteiger partial charge in [-0.25, -0.2) is 10.3 Å². The molecule has 0 aliphatic carbocycles. The molecule has 28 heavy (non-hydrogen) atoms. The molecule has 2 aromatic carbocycles. The summed E-state index contributed by atoms with van der Waals surface area (Å²) in [5.41, 5.74) is 3.22. The van der Waals surface area contributed by atoms with E-state index >= 15 is 0 Å². The van der Waals surface area contributed by atoms with E-state index in [1.807, 2.05) is 54.6 Å². The predicted molar refractivity (Wildman–Crippen MR) is 105 cm³/mol. The van der Waals surface area contributed by atoms with Crippen LogP contribution in [0.2, 0.25) is 0 Å². The average molecular weight is 446 g/mol. The molecule has 1 aliphatic rings. The number of hydrogen-bond acceptors (Lipinski definition) is 4. The van der Waals surface area contributed by atoms with Crippen molar-refractivity contribution in [2.45, 2.75) is 26.1 Å². The van der Waals surface area contributed by atoms with E-state index in [1.54, 1.807) is 5.48 Å². The van der Waals surface area contributed by atoms with Crippen LogP contribution in [-0.4, -0.2) is 38.9 Å². The molecule has 7 nitrogen and oxygen atoms in total. The topological polar surface area (TPSA) is 90.0 Å². The van der Waals surface area contributed by atoms with Gasteiger partial charge in [-0.05, 0) is 23.3 Å². The zero-order valence-electron chi connectivity index (χ0n) is 15.2. The van der Waals surface area contributed by atoms with E-state index in [0.29, 0.717) is 0 Å². The summed E-state index contributed by atoms with van der Waals surface area (Å²) >= 11 is 3.37. The van der Waals surface area contributed by atoms with Crippen molar-refractivity contribution in [3.63, 3.8) is 0 Å². The number of rotatable bonds is 6. The average Bonchev–Trinajstić information content (AvgIpc) is 2.93. The number of amides is 4. The minimum absolute atomic E-state index is 0.124. The van der Waals surface area contributed by atoms with E-state index in [-0.39, 0.29) is 13.1 Å². The first kappa shape index (κ1) is 20.0. The number of imide groups is 1. The number of halogens is 1. The molecule has 1 aliphatic heterocycles. The Kier molecular flexibility index (Phi) is 6.11. The second kappa shape index (κ2) is 8.53. The number of urea groups is 1. The molecule has 1 saturated heterocycles. The van der Waals surface area contributed by atoms with Gasteiger partial charge in [-0.3, -0.25) is 19.7 Å². The lowest BCUT2D eigenvalue weighted by molar-refractivity contribution is -0.140. The van der Waals surface area contributed by atoms with Gasteiger partial charge in [0.15, 0.2) is 0 Å². The van der Waals surface area contributed by atoms with Crippen LogP contribution in [0, 0.1) is 5.92 Å². The van der Waals surface area contributed by atoms with Crippen molar-refractivity contribution in [3.8, 4) is 0 Å². The van der Waals surface area contributed by atoms with Gasteiger partial charge in [-0.1, -0.05) is 65.3 Å². The highest BCUT2D eigenvalue weighted by atomic mass is 79.9. The quantitative estimate of drug-likeness (QED) is 0.406. The maximum absolute atomic E-state index is 13.0. The molecule has 0 saturated carbocycles. The van der Waals surface area contributed by atoms with Gasteiger partial charge in [-0.2, -0.15) is 0 Å². The summed E-state index contributed by atoms with van der Waals surface area (Å²) in [5.74, 6) is -2.08. The van der Waals surface area contributed by atoms with Gasteiger partial charge in [0.1, 0.15) is 6.04 Å². The second-order valence-electron chi connectivity index (χ2n) is 6.66. The number of hydroxylamine groups is 1. The Hall–Kier alpha value is -2.71. The van der Waals surface area contributed by atoms with Gasteiger partial charge in [0.25, 0.3) is 5.91 Å². The lowest BCUT2D eigenvalue weighted by atomic mass is 9.99. The fraction of sp³-hybridized carbons (Fsp3) is 0.250. The number of carbonyl (C=O) groups excluding carboxylic acids is 3. The molecule has 0 bridgehead atoms. The van der Waals surface area contributed by atoms with Gasteiger partial charge in [0.05, 0.1) is 12.5 Å². The molecule has 1 heterocycles. The first-order valence-corrected chi connectivity index (χ1v) is 9.56. The fourth-order valence-corrected chi connectivity index (χ4v) is 3.52. The first-order valence-electron chi connectivity index (χ1n) is 8.76. The molecule has 2 aromatic rings. The van der Waals surface area contributed by atoms with Crippen LogP contribution in [0.5, 0.6) is 0 Å². The number of nitrogens with one attached hydrogen (secondary N) is 1. The Bertz CT molecular complexity index is 873.